The number of benzene rings is 1. The minimum absolute atomic E-state index is 0. The zero-order chi connectivity index (χ0) is 17.7. The molecule has 0 amide bonds. The Morgan fingerprint density at radius 1 is 1.40 bits per heavy atom. The van der Waals surface area contributed by atoms with Crippen LogP contribution in [-0.2, 0) is 16.6 Å². The van der Waals surface area contributed by atoms with E-state index in [9.17, 15) is 13.5 Å². The molecule has 1 fully saturated rings. The highest BCUT2D eigenvalue weighted by Gasteiger charge is 2.24. The molecule has 9 heteroatoms. The van der Waals surface area contributed by atoms with Gasteiger partial charge in [-0.3, -0.25) is 0 Å². The van der Waals surface area contributed by atoms with Crippen LogP contribution < -0.4 is 5.32 Å². The van der Waals surface area contributed by atoms with Crippen LogP contribution in [-0.4, -0.2) is 68.5 Å². The molecule has 2 N–H and O–H groups in total. The lowest BCUT2D eigenvalue weighted by atomic mass is 10.2. The third kappa shape index (κ3) is 5.53. The molecular weight excluding hydrogens is 455 g/mol. The molecule has 1 saturated heterocycles. The first-order chi connectivity index (χ1) is 11.4. The van der Waals surface area contributed by atoms with Gasteiger partial charge in [-0.25, -0.2) is 17.7 Å². The van der Waals surface area contributed by atoms with Gasteiger partial charge >= 0.3 is 0 Å². The Kier molecular flexibility index (Phi) is 8.58. The number of nitrogens with one attached hydrogen (secondary N) is 1. The Morgan fingerprint density at radius 3 is 2.64 bits per heavy atom. The summed E-state index contributed by atoms with van der Waals surface area (Å²) in [5, 5.41) is 12.9. The molecule has 1 aliphatic heterocycles. The lowest BCUT2D eigenvalue weighted by molar-refractivity contribution is 0.188. The molecule has 0 spiro atoms. The smallest absolute Gasteiger partial charge is 0.242 e. The van der Waals surface area contributed by atoms with Gasteiger partial charge in [0, 0.05) is 33.7 Å². The van der Waals surface area contributed by atoms with Crippen LogP contribution in [0.25, 0.3) is 0 Å². The second-order valence-corrected chi connectivity index (χ2v) is 8.07. The summed E-state index contributed by atoms with van der Waals surface area (Å²) in [5.41, 5.74) is 0.654. The fourth-order valence-corrected chi connectivity index (χ4v) is 3.71. The zero-order valence-electron chi connectivity index (χ0n) is 14.8. The van der Waals surface area contributed by atoms with Gasteiger partial charge in [-0.2, -0.15) is 0 Å². The number of hydrogen-bond acceptors (Lipinski definition) is 4. The Hall–Kier alpha value is -0.910. The topological polar surface area (TPSA) is 85.2 Å². The average molecular weight is 482 g/mol. The molecule has 1 aromatic carbocycles. The molecule has 1 heterocycles. The number of aliphatic imine (C=N–C) groups is 1. The van der Waals surface area contributed by atoms with Crippen LogP contribution in [0.15, 0.2) is 34.2 Å². The maximum absolute atomic E-state index is 12.4. The predicted molar refractivity (Wildman–Crippen MR) is 110 cm³/mol. The maximum Gasteiger partial charge on any atom is 0.242 e. The first kappa shape index (κ1) is 22.1. The van der Waals surface area contributed by atoms with Crippen LogP contribution in [0.3, 0.4) is 0 Å². The van der Waals surface area contributed by atoms with E-state index in [0.29, 0.717) is 24.6 Å². The number of nitrogens with zero attached hydrogens (tertiary/aromatic N) is 3. The minimum atomic E-state index is -3.51. The first-order valence-corrected chi connectivity index (χ1v) is 9.52. The van der Waals surface area contributed by atoms with Gasteiger partial charge in [-0.1, -0.05) is 18.2 Å². The average Bonchev–Trinajstić information content (AvgIpc) is 2.98. The molecule has 1 atom stereocenters. The number of rotatable bonds is 5. The summed E-state index contributed by atoms with van der Waals surface area (Å²) in [6, 6.07) is 6.91. The highest BCUT2D eigenvalue weighted by Crippen LogP contribution is 2.19. The van der Waals surface area contributed by atoms with Crippen molar-refractivity contribution in [3.63, 3.8) is 0 Å². The van der Waals surface area contributed by atoms with E-state index in [-0.39, 0.29) is 41.5 Å². The van der Waals surface area contributed by atoms with Gasteiger partial charge in [0.2, 0.25) is 10.0 Å². The number of hydrogen-bond donors (Lipinski definition) is 2. The van der Waals surface area contributed by atoms with E-state index in [1.165, 1.54) is 18.4 Å². The van der Waals surface area contributed by atoms with Crippen molar-refractivity contribution in [2.24, 2.45) is 4.99 Å². The van der Waals surface area contributed by atoms with Crippen molar-refractivity contribution in [1.29, 1.82) is 0 Å². The van der Waals surface area contributed by atoms with Crippen LogP contribution in [0.5, 0.6) is 0 Å². The van der Waals surface area contributed by atoms with Crippen LogP contribution >= 0.6 is 24.0 Å². The number of guanidine groups is 1. The maximum atomic E-state index is 12.4. The van der Waals surface area contributed by atoms with Crippen molar-refractivity contribution < 1.29 is 13.5 Å². The SMILES string of the molecule is CCNC(=NCc1ccccc1S(=O)(=O)N(C)C)N1CC[C@@H](O)C1.I. The summed E-state index contributed by atoms with van der Waals surface area (Å²) in [7, 11) is -0.468. The third-order valence-corrected chi connectivity index (χ3v) is 5.84. The molecule has 142 valence electrons. The summed E-state index contributed by atoms with van der Waals surface area (Å²) >= 11 is 0. The summed E-state index contributed by atoms with van der Waals surface area (Å²) in [6.07, 6.45) is 0.381. The third-order valence-electron chi connectivity index (χ3n) is 3.93. The van der Waals surface area contributed by atoms with Crippen LogP contribution in [0, 0.1) is 0 Å². The van der Waals surface area contributed by atoms with Gasteiger partial charge in [-0.15, -0.1) is 24.0 Å². The fourth-order valence-electron chi connectivity index (χ4n) is 2.60. The molecule has 1 aromatic rings. The fraction of sp³-hybridized carbons (Fsp3) is 0.562. The summed E-state index contributed by atoms with van der Waals surface area (Å²) in [5.74, 6) is 0.700. The zero-order valence-corrected chi connectivity index (χ0v) is 18.0. The lowest BCUT2D eigenvalue weighted by Gasteiger charge is -2.21. The molecule has 2 rings (SSSR count). The molecule has 0 bridgehead atoms. The van der Waals surface area contributed by atoms with E-state index < -0.39 is 10.0 Å². The molecule has 0 aromatic heterocycles. The Labute approximate surface area is 167 Å². The van der Waals surface area contributed by atoms with E-state index in [1.54, 1.807) is 18.2 Å². The van der Waals surface area contributed by atoms with Crippen molar-refractivity contribution in [3.8, 4) is 0 Å². The number of sulfonamides is 1. The number of aliphatic hydroxyl groups is 1. The van der Waals surface area contributed by atoms with Gasteiger partial charge in [0.25, 0.3) is 0 Å². The molecule has 7 nitrogen and oxygen atoms in total. The van der Waals surface area contributed by atoms with E-state index in [2.05, 4.69) is 10.3 Å². The second kappa shape index (κ2) is 9.70. The van der Waals surface area contributed by atoms with Crippen LogP contribution in [0.2, 0.25) is 0 Å². The molecular formula is C16H27IN4O3S. The van der Waals surface area contributed by atoms with Crippen LogP contribution in [0.1, 0.15) is 18.9 Å². The second-order valence-electron chi connectivity index (χ2n) is 5.95. The van der Waals surface area contributed by atoms with Crippen molar-refractivity contribution in [2.75, 3.05) is 33.7 Å². The lowest BCUT2D eigenvalue weighted by Crippen LogP contribution is -2.40. The highest BCUT2D eigenvalue weighted by molar-refractivity contribution is 14.0. The molecule has 25 heavy (non-hydrogen) atoms. The van der Waals surface area contributed by atoms with E-state index in [0.717, 1.165) is 13.0 Å². The number of likely N-dealkylation sites (tertiary alicyclic amines) is 1. The minimum Gasteiger partial charge on any atom is -0.391 e. The predicted octanol–water partition coefficient (Wildman–Crippen LogP) is 1.09. The van der Waals surface area contributed by atoms with Gasteiger partial charge < -0.3 is 15.3 Å². The normalized spacial score (nSPS) is 18.4. The molecule has 0 unspecified atom stereocenters. The summed E-state index contributed by atoms with van der Waals surface area (Å²) in [6.45, 7) is 4.24. The standard InChI is InChI=1S/C16H26N4O3S.HI/c1-4-17-16(20-10-9-14(21)12-20)18-11-13-7-5-6-8-15(13)24(22,23)19(2)3;/h5-8,14,21H,4,9-12H2,1-3H3,(H,17,18);1H/t14-;/m1./s1. The van der Waals surface area contributed by atoms with Gasteiger partial charge in [-0.05, 0) is 25.0 Å². The van der Waals surface area contributed by atoms with Crippen molar-refractivity contribution in [2.45, 2.75) is 30.9 Å². The quantitative estimate of drug-likeness (QED) is 0.373. The molecule has 0 aliphatic carbocycles. The van der Waals surface area contributed by atoms with Gasteiger partial charge in [0.15, 0.2) is 5.96 Å². The largest absolute Gasteiger partial charge is 0.391 e. The molecule has 0 radical (unpaired) electrons. The Morgan fingerprint density at radius 2 is 2.08 bits per heavy atom. The summed E-state index contributed by atoms with van der Waals surface area (Å²) in [4.78, 5) is 6.84. The van der Waals surface area contributed by atoms with Crippen molar-refractivity contribution >= 4 is 40.0 Å². The van der Waals surface area contributed by atoms with E-state index >= 15 is 0 Å². The summed E-state index contributed by atoms with van der Waals surface area (Å²) < 4.78 is 26.1. The molecule has 1 aliphatic rings. The van der Waals surface area contributed by atoms with Gasteiger partial charge in [0.05, 0.1) is 17.5 Å². The Bertz CT molecular complexity index is 694. The monoisotopic (exact) mass is 482 g/mol. The van der Waals surface area contributed by atoms with Crippen molar-refractivity contribution in [1.82, 2.24) is 14.5 Å². The van der Waals surface area contributed by atoms with Crippen molar-refractivity contribution in [3.05, 3.63) is 29.8 Å². The van der Waals surface area contributed by atoms with Gasteiger partial charge in [0.1, 0.15) is 0 Å². The number of aliphatic hydroxyl groups excluding tert-OH is 1. The molecule has 0 saturated carbocycles. The van der Waals surface area contributed by atoms with E-state index in [1.807, 2.05) is 17.9 Å². The number of halogens is 1. The van der Waals surface area contributed by atoms with Crippen LogP contribution in [0.4, 0.5) is 0 Å². The van der Waals surface area contributed by atoms with E-state index in [4.69, 9.17) is 0 Å². The Balaban J connectivity index is 0.00000312. The highest BCUT2D eigenvalue weighted by atomic mass is 127. The first-order valence-electron chi connectivity index (χ1n) is 8.08. The number of β-amino-alcohol motifs (C(OH)–C–C–N with tert-alkyl or cyclic N) is 1.